The molecule has 0 radical (unpaired) electrons. The summed E-state index contributed by atoms with van der Waals surface area (Å²) in [7, 11) is 0. The normalized spacial score (nSPS) is 16.0. The Bertz CT molecular complexity index is 783. The van der Waals surface area contributed by atoms with Gasteiger partial charge in [0.25, 0.3) is 0 Å². The third-order valence-corrected chi connectivity index (χ3v) is 5.33. The van der Waals surface area contributed by atoms with Crippen molar-refractivity contribution in [2.24, 2.45) is 5.92 Å². The average Bonchev–Trinajstić information content (AvgIpc) is 2.68. The fourth-order valence-corrected chi connectivity index (χ4v) is 3.78. The van der Waals surface area contributed by atoms with Gasteiger partial charge in [-0.25, -0.2) is 0 Å². The van der Waals surface area contributed by atoms with Gasteiger partial charge >= 0.3 is 0 Å². The first-order valence-corrected chi connectivity index (χ1v) is 9.55. The van der Waals surface area contributed by atoms with Gasteiger partial charge in [0.05, 0.1) is 18.2 Å². The molecule has 5 heteroatoms. The molecule has 2 heterocycles. The third-order valence-electron chi connectivity index (χ3n) is 5.33. The number of nitrogens with zero attached hydrogens (tertiary/aromatic N) is 2. The Kier molecular flexibility index (Phi) is 6.22. The molecule has 1 atom stereocenters. The highest BCUT2D eigenvalue weighted by Crippen LogP contribution is 2.30. The van der Waals surface area contributed by atoms with Crippen LogP contribution in [0.1, 0.15) is 42.6 Å². The zero-order chi connectivity index (χ0) is 19.2. The van der Waals surface area contributed by atoms with Gasteiger partial charge in [-0.1, -0.05) is 30.3 Å². The lowest BCUT2D eigenvalue weighted by atomic mass is 9.87. The standard InChI is InChI=1S/C22H27N3O2/c1-16-7-3-4-8-19(16)15-21(27)25-13-10-18(11-14-25)22(24-17(2)26)20-9-5-6-12-23-20/h3-9,12,18,22H,10-11,13-15H2,1-2H3,(H,24,26). The van der Waals surface area contributed by atoms with Crippen LogP contribution in [0.3, 0.4) is 0 Å². The number of amides is 2. The molecule has 2 amide bonds. The van der Waals surface area contributed by atoms with E-state index in [-0.39, 0.29) is 23.8 Å². The minimum atomic E-state index is -0.0997. The van der Waals surface area contributed by atoms with E-state index in [4.69, 9.17) is 0 Å². The second-order valence-corrected chi connectivity index (χ2v) is 7.25. The Morgan fingerprint density at radius 2 is 1.85 bits per heavy atom. The van der Waals surface area contributed by atoms with E-state index in [1.165, 1.54) is 6.92 Å². The van der Waals surface area contributed by atoms with Crippen LogP contribution in [0.5, 0.6) is 0 Å². The van der Waals surface area contributed by atoms with Crippen molar-refractivity contribution in [1.29, 1.82) is 0 Å². The van der Waals surface area contributed by atoms with Crippen LogP contribution >= 0.6 is 0 Å². The fraction of sp³-hybridized carbons (Fsp3) is 0.409. The fourth-order valence-electron chi connectivity index (χ4n) is 3.78. The summed E-state index contributed by atoms with van der Waals surface area (Å²) < 4.78 is 0. The molecular weight excluding hydrogens is 338 g/mol. The summed E-state index contributed by atoms with van der Waals surface area (Å²) in [4.78, 5) is 30.7. The molecule has 1 aliphatic heterocycles. The molecule has 0 spiro atoms. The largest absolute Gasteiger partial charge is 0.348 e. The molecule has 1 unspecified atom stereocenters. The van der Waals surface area contributed by atoms with E-state index in [9.17, 15) is 9.59 Å². The summed E-state index contributed by atoms with van der Waals surface area (Å²) in [5, 5.41) is 3.05. The number of carbonyl (C=O) groups excluding carboxylic acids is 2. The SMILES string of the molecule is CC(=O)NC(c1ccccn1)C1CCN(C(=O)Cc2ccccc2C)CC1. The third kappa shape index (κ3) is 4.94. The number of pyridine rings is 1. The van der Waals surface area contributed by atoms with Gasteiger partial charge in [0, 0.05) is 26.2 Å². The lowest BCUT2D eigenvalue weighted by Crippen LogP contribution is -2.43. The van der Waals surface area contributed by atoms with Crippen molar-refractivity contribution in [2.75, 3.05) is 13.1 Å². The van der Waals surface area contributed by atoms with Crippen molar-refractivity contribution in [2.45, 2.75) is 39.2 Å². The summed E-state index contributed by atoms with van der Waals surface area (Å²) in [6.07, 6.45) is 3.93. The molecule has 27 heavy (non-hydrogen) atoms. The van der Waals surface area contributed by atoms with Crippen LogP contribution in [-0.4, -0.2) is 34.8 Å². The first-order chi connectivity index (χ1) is 13.0. The zero-order valence-electron chi connectivity index (χ0n) is 16.0. The predicted octanol–water partition coefficient (Wildman–Crippen LogP) is 3.05. The maximum absolute atomic E-state index is 12.7. The molecule has 1 aromatic carbocycles. The summed E-state index contributed by atoms with van der Waals surface area (Å²) in [5.74, 6) is 0.409. The van der Waals surface area contributed by atoms with E-state index >= 15 is 0 Å². The molecule has 0 bridgehead atoms. The van der Waals surface area contributed by atoms with E-state index in [0.29, 0.717) is 6.42 Å². The second-order valence-electron chi connectivity index (χ2n) is 7.25. The molecule has 142 valence electrons. The number of hydrogen-bond donors (Lipinski definition) is 1. The molecule has 0 aliphatic carbocycles. The Labute approximate surface area is 160 Å². The van der Waals surface area contributed by atoms with E-state index in [0.717, 1.165) is 42.8 Å². The topological polar surface area (TPSA) is 62.3 Å². The number of hydrogen-bond acceptors (Lipinski definition) is 3. The molecule has 1 N–H and O–H groups in total. The number of nitrogens with one attached hydrogen (secondary N) is 1. The number of benzene rings is 1. The quantitative estimate of drug-likeness (QED) is 0.886. The molecule has 0 saturated carbocycles. The lowest BCUT2D eigenvalue weighted by Gasteiger charge is -2.36. The van der Waals surface area contributed by atoms with E-state index < -0.39 is 0 Å². The highest BCUT2D eigenvalue weighted by atomic mass is 16.2. The summed E-state index contributed by atoms with van der Waals surface area (Å²) in [6, 6.07) is 13.7. The van der Waals surface area contributed by atoms with Gasteiger partial charge in [-0.2, -0.15) is 0 Å². The van der Waals surface area contributed by atoms with Crippen LogP contribution in [0.15, 0.2) is 48.7 Å². The molecule has 1 aromatic heterocycles. The van der Waals surface area contributed by atoms with Crippen LogP contribution in [0.2, 0.25) is 0 Å². The second kappa shape index (κ2) is 8.80. The Morgan fingerprint density at radius 3 is 2.48 bits per heavy atom. The molecule has 5 nitrogen and oxygen atoms in total. The van der Waals surface area contributed by atoms with Crippen LogP contribution < -0.4 is 5.32 Å². The number of carbonyl (C=O) groups is 2. The molecule has 2 aromatic rings. The molecule has 3 rings (SSSR count). The lowest BCUT2D eigenvalue weighted by molar-refractivity contribution is -0.132. The predicted molar refractivity (Wildman–Crippen MR) is 105 cm³/mol. The van der Waals surface area contributed by atoms with Crippen molar-refractivity contribution >= 4 is 11.8 Å². The van der Waals surface area contributed by atoms with E-state index in [1.54, 1.807) is 6.20 Å². The zero-order valence-corrected chi connectivity index (χ0v) is 16.0. The van der Waals surface area contributed by atoms with E-state index in [2.05, 4.69) is 10.3 Å². The van der Waals surface area contributed by atoms with Crippen LogP contribution in [0, 0.1) is 12.8 Å². The van der Waals surface area contributed by atoms with Crippen LogP contribution in [-0.2, 0) is 16.0 Å². The Balaban J connectivity index is 1.62. The summed E-state index contributed by atoms with van der Waals surface area (Å²) in [5.41, 5.74) is 3.13. The van der Waals surface area contributed by atoms with Gasteiger partial charge in [0.1, 0.15) is 0 Å². The molecule has 1 aliphatic rings. The maximum atomic E-state index is 12.7. The van der Waals surface area contributed by atoms with Crippen molar-refractivity contribution in [1.82, 2.24) is 15.2 Å². The van der Waals surface area contributed by atoms with Crippen molar-refractivity contribution in [3.05, 3.63) is 65.5 Å². The number of likely N-dealkylation sites (tertiary alicyclic amines) is 1. The highest BCUT2D eigenvalue weighted by Gasteiger charge is 2.30. The van der Waals surface area contributed by atoms with Crippen LogP contribution in [0.4, 0.5) is 0 Å². The first-order valence-electron chi connectivity index (χ1n) is 9.55. The van der Waals surface area contributed by atoms with Crippen LogP contribution in [0.25, 0.3) is 0 Å². The monoisotopic (exact) mass is 365 g/mol. The van der Waals surface area contributed by atoms with E-state index in [1.807, 2.05) is 54.3 Å². The number of rotatable bonds is 5. The minimum absolute atomic E-state index is 0.0521. The molecular formula is C22H27N3O2. The molecule has 1 saturated heterocycles. The average molecular weight is 365 g/mol. The minimum Gasteiger partial charge on any atom is -0.348 e. The smallest absolute Gasteiger partial charge is 0.226 e. The summed E-state index contributed by atoms with van der Waals surface area (Å²) in [6.45, 7) is 5.02. The first kappa shape index (κ1) is 19.1. The Hall–Kier alpha value is -2.69. The van der Waals surface area contributed by atoms with Gasteiger partial charge in [-0.3, -0.25) is 14.6 Å². The number of piperidine rings is 1. The van der Waals surface area contributed by atoms with Crippen molar-refractivity contribution in [3.8, 4) is 0 Å². The van der Waals surface area contributed by atoms with Crippen molar-refractivity contribution < 1.29 is 9.59 Å². The van der Waals surface area contributed by atoms with Gasteiger partial charge in [-0.05, 0) is 48.9 Å². The van der Waals surface area contributed by atoms with Gasteiger partial charge < -0.3 is 10.2 Å². The molecule has 1 fully saturated rings. The summed E-state index contributed by atoms with van der Waals surface area (Å²) >= 11 is 0. The van der Waals surface area contributed by atoms with Gasteiger partial charge in [0.15, 0.2) is 0 Å². The van der Waals surface area contributed by atoms with Gasteiger partial charge in [0.2, 0.25) is 11.8 Å². The maximum Gasteiger partial charge on any atom is 0.226 e. The number of aryl methyl sites for hydroxylation is 1. The Morgan fingerprint density at radius 1 is 1.15 bits per heavy atom. The highest BCUT2D eigenvalue weighted by molar-refractivity contribution is 5.79. The number of aromatic nitrogens is 1. The van der Waals surface area contributed by atoms with Crippen molar-refractivity contribution in [3.63, 3.8) is 0 Å². The van der Waals surface area contributed by atoms with Gasteiger partial charge in [-0.15, -0.1) is 0 Å².